The molecule has 0 fully saturated rings. The van der Waals surface area contributed by atoms with E-state index in [1.165, 1.54) is 0 Å². The Kier molecular flexibility index (Phi) is 4.91. The lowest BCUT2D eigenvalue weighted by molar-refractivity contribution is 0.0661. The Morgan fingerprint density at radius 2 is 1.85 bits per heavy atom. The van der Waals surface area contributed by atoms with Crippen molar-refractivity contribution in [3.8, 4) is 0 Å². The van der Waals surface area contributed by atoms with E-state index in [0.717, 1.165) is 17.8 Å². The van der Waals surface area contributed by atoms with Crippen molar-refractivity contribution in [2.24, 2.45) is 11.3 Å². The normalized spacial score (nSPS) is 14.5. The Balaban J connectivity index is 2.25. The van der Waals surface area contributed by atoms with Crippen molar-refractivity contribution >= 4 is 11.6 Å². The lowest BCUT2D eigenvalue weighted by Crippen LogP contribution is -2.52. The number of aliphatic hydroxyl groups excluding tert-OH is 1. The van der Waals surface area contributed by atoms with Crippen LogP contribution in [0.4, 0.5) is 5.95 Å². The van der Waals surface area contributed by atoms with Crippen LogP contribution in [0.25, 0.3) is 5.65 Å². The second-order valence-electron chi connectivity index (χ2n) is 7.69. The summed E-state index contributed by atoms with van der Waals surface area (Å²) in [5.41, 5.74) is 0.587. The summed E-state index contributed by atoms with van der Waals surface area (Å²) in [5, 5.41) is 13.8. The molecule has 0 aliphatic carbocycles. The van der Waals surface area contributed by atoms with Crippen LogP contribution >= 0.6 is 0 Å². The number of nitrogens with zero attached hydrogens (tertiary/aromatic N) is 5. The molecule has 3 aromatic rings. The van der Waals surface area contributed by atoms with Crippen LogP contribution in [0.15, 0.2) is 43.2 Å². The molecular formula is C19H26N6O. The van der Waals surface area contributed by atoms with Gasteiger partial charge in [-0.2, -0.15) is 0 Å². The molecule has 3 rings (SSSR count). The number of aromatic nitrogens is 5. The Bertz CT molecular complexity index is 861. The van der Waals surface area contributed by atoms with Crippen molar-refractivity contribution in [3.63, 3.8) is 0 Å². The van der Waals surface area contributed by atoms with Gasteiger partial charge >= 0.3 is 0 Å². The Morgan fingerprint density at radius 1 is 1.12 bits per heavy atom. The highest BCUT2D eigenvalue weighted by Gasteiger charge is 2.49. The van der Waals surface area contributed by atoms with Gasteiger partial charge in [0.1, 0.15) is 0 Å². The lowest BCUT2D eigenvalue weighted by Gasteiger charge is -2.47. The average molecular weight is 354 g/mol. The monoisotopic (exact) mass is 354 g/mol. The highest BCUT2D eigenvalue weighted by molar-refractivity contribution is 5.44. The van der Waals surface area contributed by atoms with Gasteiger partial charge in [0.15, 0.2) is 5.65 Å². The molecule has 0 spiro atoms. The highest BCUT2D eigenvalue weighted by Crippen LogP contribution is 2.46. The van der Waals surface area contributed by atoms with Crippen LogP contribution in [-0.4, -0.2) is 36.1 Å². The SMILES string of the molecule is CC(C)CC(Nc1ncccn1)(c1cnc2cnccn12)C(C)(C)CO. The van der Waals surface area contributed by atoms with Crippen molar-refractivity contribution in [1.82, 2.24) is 24.3 Å². The van der Waals surface area contributed by atoms with Gasteiger partial charge < -0.3 is 10.4 Å². The summed E-state index contributed by atoms with van der Waals surface area (Å²) < 4.78 is 2.02. The summed E-state index contributed by atoms with van der Waals surface area (Å²) in [7, 11) is 0. The zero-order chi connectivity index (χ0) is 18.8. The summed E-state index contributed by atoms with van der Waals surface area (Å²) in [6.07, 6.45) is 11.4. The van der Waals surface area contributed by atoms with Crippen molar-refractivity contribution in [1.29, 1.82) is 0 Å². The molecule has 0 bridgehead atoms. The summed E-state index contributed by atoms with van der Waals surface area (Å²) in [5.74, 6) is 0.892. The molecule has 0 saturated carbocycles. The molecule has 1 unspecified atom stereocenters. The lowest BCUT2D eigenvalue weighted by atomic mass is 9.66. The zero-order valence-corrected chi connectivity index (χ0v) is 15.7. The number of anilines is 1. The van der Waals surface area contributed by atoms with Gasteiger partial charge in [-0.15, -0.1) is 0 Å². The van der Waals surface area contributed by atoms with Crippen molar-refractivity contribution in [3.05, 3.63) is 48.9 Å². The van der Waals surface area contributed by atoms with Gasteiger partial charge in [-0.25, -0.2) is 15.0 Å². The van der Waals surface area contributed by atoms with E-state index in [-0.39, 0.29) is 6.61 Å². The molecule has 138 valence electrons. The first-order valence-electron chi connectivity index (χ1n) is 8.83. The third-order valence-corrected chi connectivity index (χ3v) is 4.91. The maximum atomic E-state index is 10.3. The molecule has 26 heavy (non-hydrogen) atoms. The topological polar surface area (TPSA) is 88.2 Å². The molecule has 0 aliphatic heterocycles. The zero-order valence-electron chi connectivity index (χ0n) is 15.7. The maximum absolute atomic E-state index is 10.3. The van der Waals surface area contributed by atoms with E-state index in [2.05, 4.69) is 39.1 Å². The van der Waals surface area contributed by atoms with E-state index in [1.54, 1.807) is 30.9 Å². The van der Waals surface area contributed by atoms with Gasteiger partial charge in [0.25, 0.3) is 0 Å². The number of nitrogens with one attached hydrogen (secondary N) is 1. The Hall–Kier alpha value is -2.54. The van der Waals surface area contributed by atoms with Crippen LogP contribution in [0.5, 0.6) is 0 Å². The van der Waals surface area contributed by atoms with E-state index in [4.69, 9.17) is 0 Å². The first kappa shape index (κ1) is 18.3. The molecule has 7 nitrogen and oxygen atoms in total. The maximum Gasteiger partial charge on any atom is 0.223 e. The standard InChI is InChI=1S/C19H26N6O/c1-14(2)10-19(18(3,4)13-26,24-17-21-6-5-7-22-17)15-11-23-16-12-20-8-9-25(15)16/h5-9,11-12,14,26H,10,13H2,1-4H3,(H,21,22,24). The van der Waals surface area contributed by atoms with E-state index in [1.807, 2.05) is 30.6 Å². The highest BCUT2D eigenvalue weighted by atomic mass is 16.3. The van der Waals surface area contributed by atoms with Gasteiger partial charge in [-0.3, -0.25) is 9.38 Å². The van der Waals surface area contributed by atoms with Crippen molar-refractivity contribution in [2.75, 3.05) is 11.9 Å². The Labute approximate surface area is 153 Å². The van der Waals surface area contributed by atoms with Crippen LogP contribution in [-0.2, 0) is 5.54 Å². The first-order valence-corrected chi connectivity index (χ1v) is 8.83. The predicted octanol–water partition coefficient (Wildman–Crippen LogP) is 2.89. The summed E-state index contributed by atoms with van der Waals surface area (Å²) in [6, 6.07) is 1.78. The smallest absolute Gasteiger partial charge is 0.223 e. The summed E-state index contributed by atoms with van der Waals surface area (Å²) in [4.78, 5) is 17.4. The van der Waals surface area contributed by atoms with Gasteiger partial charge in [0.05, 0.1) is 30.2 Å². The minimum atomic E-state index is -0.627. The number of aliphatic hydroxyl groups is 1. The molecule has 0 saturated heterocycles. The molecular weight excluding hydrogens is 328 g/mol. The second-order valence-corrected chi connectivity index (χ2v) is 7.69. The van der Waals surface area contributed by atoms with Crippen molar-refractivity contribution in [2.45, 2.75) is 39.7 Å². The minimum absolute atomic E-state index is 0.00211. The van der Waals surface area contributed by atoms with E-state index >= 15 is 0 Å². The molecule has 0 amide bonds. The van der Waals surface area contributed by atoms with E-state index < -0.39 is 11.0 Å². The third kappa shape index (κ3) is 3.14. The molecule has 3 aromatic heterocycles. The van der Waals surface area contributed by atoms with Crippen LogP contribution in [0, 0.1) is 11.3 Å². The number of imidazole rings is 1. The van der Waals surface area contributed by atoms with E-state index in [0.29, 0.717) is 11.9 Å². The molecule has 3 heterocycles. The largest absolute Gasteiger partial charge is 0.396 e. The summed E-state index contributed by atoms with van der Waals surface area (Å²) >= 11 is 0. The van der Waals surface area contributed by atoms with Gasteiger partial charge in [0.2, 0.25) is 5.95 Å². The van der Waals surface area contributed by atoms with Gasteiger partial charge in [0, 0.05) is 30.2 Å². The second kappa shape index (κ2) is 6.99. The van der Waals surface area contributed by atoms with Crippen LogP contribution in [0.3, 0.4) is 0 Å². The molecule has 1 atom stereocenters. The quantitative estimate of drug-likeness (QED) is 0.678. The molecule has 0 aromatic carbocycles. The van der Waals surface area contributed by atoms with Crippen LogP contribution in [0.1, 0.15) is 39.8 Å². The first-order chi connectivity index (χ1) is 12.4. The third-order valence-electron chi connectivity index (χ3n) is 4.91. The molecule has 2 N–H and O–H groups in total. The fraction of sp³-hybridized carbons (Fsp3) is 0.474. The van der Waals surface area contributed by atoms with Gasteiger partial charge in [-0.1, -0.05) is 27.7 Å². The van der Waals surface area contributed by atoms with Crippen LogP contribution in [0.2, 0.25) is 0 Å². The Morgan fingerprint density at radius 3 is 2.50 bits per heavy atom. The minimum Gasteiger partial charge on any atom is -0.396 e. The van der Waals surface area contributed by atoms with Crippen LogP contribution < -0.4 is 5.32 Å². The average Bonchev–Trinajstić information content (AvgIpc) is 3.06. The predicted molar refractivity (Wildman–Crippen MR) is 101 cm³/mol. The fourth-order valence-electron chi connectivity index (χ4n) is 3.47. The van der Waals surface area contributed by atoms with E-state index in [9.17, 15) is 5.11 Å². The summed E-state index contributed by atoms with van der Waals surface area (Å²) in [6.45, 7) is 8.43. The van der Waals surface area contributed by atoms with Gasteiger partial charge in [-0.05, 0) is 18.4 Å². The molecule has 0 radical (unpaired) electrons. The number of hydrogen-bond acceptors (Lipinski definition) is 6. The molecule has 7 heteroatoms. The number of fused-ring (bicyclic) bond motifs is 1. The molecule has 0 aliphatic rings. The number of rotatable bonds is 7. The van der Waals surface area contributed by atoms with Crippen molar-refractivity contribution < 1.29 is 5.11 Å². The fourth-order valence-corrected chi connectivity index (χ4v) is 3.47. The number of hydrogen-bond donors (Lipinski definition) is 2.